The molecule has 24 heavy (non-hydrogen) atoms. The lowest BCUT2D eigenvalue weighted by Crippen LogP contribution is -3.16. The molecule has 130 valence electrons. The highest BCUT2D eigenvalue weighted by Crippen LogP contribution is 2.22. The van der Waals surface area contributed by atoms with Crippen LogP contribution >= 0.6 is 11.8 Å². The molecule has 1 aromatic carbocycles. The van der Waals surface area contributed by atoms with Gasteiger partial charge in [-0.15, -0.1) is 0 Å². The molecule has 1 unspecified atom stereocenters. The maximum Gasteiger partial charge on any atom is 0.257 e. The number of nitrogens with zero attached hydrogens (tertiary/aromatic N) is 1. The molecule has 0 bridgehead atoms. The summed E-state index contributed by atoms with van der Waals surface area (Å²) in [6.07, 6.45) is 5.09. The van der Waals surface area contributed by atoms with E-state index in [1.165, 1.54) is 37.6 Å². The van der Waals surface area contributed by atoms with E-state index in [0.29, 0.717) is 11.0 Å². The predicted molar refractivity (Wildman–Crippen MR) is 96.4 cm³/mol. The standard InChI is InChI=1S/C18H25N3O2S/c1-14-7-4-5-11-21(14)12-6-10-19-17(22)13-24-18-20-15-8-2-3-9-16(15)23-18/h2-3,8-9,14H,4-7,10-13H2,1H3,(H,19,22)/p+1/t14-/m1/s1. The van der Waals surface area contributed by atoms with Gasteiger partial charge < -0.3 is 14.6 Å². The van der Waals surface area contributed by atoms with Gasteiger partial charge in [-0.05, 0) is 38.3 Å². The Hall–Kier alpha value is -1.53. The number of benzene rings is 1. The number of nitrogens with one attached hydrogen (secondary N) is 2. The second-order valence-corrected chi connectivity index (χ2v) is 7.42. The fourth-order valence-electron chi connectivity index (χ4n) is 3.26. The van der Waals surface area contributed by atoms with Crippen molar-refractivity contribution in [3.63, 3.8) is 0 Å². The van der Waals surface area contributed by atoms with Crippen molar-refractivity contribution in [1.29, 1.82) is 0 Å². The molecule has 2 heterocycles. The van der Waals surface area contributed by atoms with Gasteiger partial charge in [-0.2, -0.15) is 0 Å². The zero-order valence-corrected chi connectivity index (χ0v) is 15.0. The highest BCUT2D eigenvalue weighted by Gasteiger charge is 2.20. The van der Waals surface area contributed by atoms with Gasteiger partial charge in [0, 0.05) is 13.0 Å². The van der Waals surface area contributed by atoms with E-state index in [0.717, 1.165) is 36.7 Å². The van der Waals surface area contributed by atoms with Crippen molar-refractivity contribution in [3.05, 3.63) is 24.3 Å². The molecule has 2 aromatic rings. The minimum atomic E-state index is 0.0453. The zero-order valence-electron chi connectivity index (χ0n) is 14.2. The highest BCUT2D eigenvalue weighted by atomic mass is 32.2. The number of aromatic nitrogens is 1. The molecule has 2 N–H and O–H groups in total. The number of carbonyl (C=O) groups excluding carboxylic acids is 1. The molecular weight excluding hydrogens is 322 g/mol. The Kier molecular flexibility index (Phi) is 6.15. The summed E-state index contributed by atoms with van der Waals surface area (Å²) in [6, 6.07) is 8.41. The van der Waals surface area contributed by atoms with Crippen LogP contribution in [0.25, 0.3) is 11.1 Å². The number of likely N-dealkylation sites (tertiary alicyclic amines) is 1. The summed E-state index contributed by atoms with van der Waals surface area (Å²) in [5.74, 6) is 0.392. The molecule has 5 nitrogen and oxygen atoms in total. The van der Waals surface area contributed by atoms with E-state index in [1.54, 1.807) is 4.90 Å². The van der Waals surface area contributed by atoms with Gasteiger partial charge in [0.2, 0.25) is 5.91 Å². The quantitative estimate of drug-likeness (QED) is 0.593. The van der Waals surface area contributed by atoms with Crippen LogP contribution in [-0.2, 0) is 4.79 Å². The summed E-state index contributed by atoms with van der Waals surface area (Å²) in [5, 5.41) is 3.55. The number of hydrogen-bond acceptors (Lipinski definition) is 4. The third kappa shape index (κ3) is 4.74. The maximum absolute atomic E-state index is 11.9. The van der Waals surface area contributed by atoms with Crippen molar-refractivity contribution in [1.82, 2.24) is 10.3 Å². The van der Waals surface area contributed by atoms with Crippen molar-refractivity contribution < 1.29 is 14.1 Å². The predicted octanol–water partition coefficient (Wildman–Crippen LogP) is 1.88. The number of oxazole rings is 1. The van der Waals surface area contributed by atoms with Crippen molar-refractivity contribution in [2.45, 2.75) is 43.9 Å². The van der Waals surface area contributed by atoms with Crippen LogP contribution in [0.15, 0.2) is 33.9 Å². The van der Waals surface area contributed by atoms with Gasteiger partial charge in [-0.25, -0.2) is 4.98 Å². The lowest BCUT2D eigenvalue weighted by Gasteiger charge is -2.30. The second-order valence-electron chi connectivity index (χ2n) is 6.49. The molecule has 1 saturated heterocycles. The van der Waals surface area contributed by atoms with Gasteiger partial charge in [0.25, 0.3) is 5.22 Å². The molecule has 2 atom stereocenters. The van der Waals surface area contributed by atoms with E-state index >= 15 is 0 Å². The number of thioether (sulfide) groups is 1. The number of para-hydroxylation sites is 2. The SMILES string of the molecule is C[C@@H]1CCCC[NH+]1CCCNC(=O)CSc1nc2ccccc2o1. The van der Waals surface area contributed by atoms with Gasteiger partial charge in [0.15, 0.2) is 5.58 Å². The fraction of sp³-hybridized carbons (Fsp3) is 0.556. The molecule has 0 spiro atoms. The average molecular weight is 348 g/mol. The van der Waals surface area contributed by atoms with Crippen LogP contribution in [0.5, 0.6) is 0 Å². The van der Waals surface area contributed by atoms with Crippen LogP contribution in [0.4, 0.5) is 0 Å². The Morgan fingerprint density at radius 1 is 1.42 bits per heavy atom. The van der Waals surface area contributed by atoms with Crippen molar-refractivity contribution in [2.75, 3.05) is 25.4 Å². The minimum absolute atomic E-state index is 0.0453. The second kappa shape index (κ2) is 8.53. The maximum atomic E-state index is 11.9. The summed E-state index contributed by atoms with van der Waals surface area (Å²) in [6.45, 7) is 5.52. The Balaban J connectivity index is 1.33. The Bertz CT molecular complexity index is 640. The number of hydrogen-bond donors (Lipinski definition) is 2. The van der Waals surface area contributed by atoms with Gasteiger partial charge in [-0.3, -0.25) is 4.79 Å². The summed E-state index contributed by atoms with van der Waals surface area (Å²) in [5.41, 5.74) is 1.60. The molecular formula is C18H26N3O2S+. The molecule has 0 saturated carbocycles. The van der Waals surface area contributed by atoms with E-state index in [4.69, 9.17) is 4.42 Å². The number of rotatable bonds is 7. The number of quaternary nitrogens is 1. The van der Waals surface area contributed by atoms with Crippen molar-refractivity contribution in [2.24, 2.45) is 0 Å². The molecule has 1 aliphatic rings. The normalized spacial score (nSPS) is 21.0. The molecule has 6 heteroatoms. The number of fused-ring (bicyclic) bond motifs is 1. The summed E-state index contributed by atoms with van der Waals surface area (Å²) in [7, 11) is 0. The summed E-state index contributed by atoms with van der Waals surface area (Å²) < 4.78 is 5.60. The smallest absolute Gasteiger partial charge is 0.257 e. The van der Waals surface area contributed by atoms with Crippen LogP contribution in [0.2, 0.25) is 0 Å². The van der Waals surface area contributed by atoms with Crippen LogP contribution in [0.3, 0.4) is 0 Å². The van der Waals surface area contributed by atoms with E-state index < -0.39 is 0 Å². The van der Waals surface area contributed by atoms with E-state index in [9.17, 15) is 4.79 Å². The molecule has 0 aliphatic carbocycles. The molecule has 1 aliphatic heterocycles. The minimum Gasteiger partial charge on any atom is -0.431 e. The highest BCUT2D eigenvalue weighted by molar-refractivity contribution is 7.99. The largest absolute Gasteiger partial charge is 0.431 e. The number of piperidine rings is 1. The third-order valence-electron chi connectivity index (χ3n) is 4.68. The Morgan fingerprint density at radius 2 is 2.29 bits per heavy atom. The van der Waals surface area contributed by atoms with Crippen LogP contribution in [0, 0.1) is 0 Å². The van der Waals surface area contributed by atoms with Gasteiger partial charge in [-0.1, -0.05) is 23.9 Å². The summed E-state index contributed by atoms with van der Waals surface area (Å²) >= 11 is 1.35. The van der Waals surface area contributed by atoms with Gasteiger partial charge in [0.1, 0.15) is 5.52 Å². The number of amides is 1. The average Bonchev–Trinajstić information content (AvgIpc) is 3.01. The molecule has 3 rings (SSSR count). The molecule has 1 amide bonds. The van der Waals surface area contributed by atoms with Crippen molar-refractivity contribution in [3.8, 4) is 0 Å². The van der Waals surface area contributed by atoms with Gasteiger partial charge in [0.05, 0.1) is 24.9 Å². The van der Waals surface area contributed by atoms with E-state index in [2.05, 4.69) is 17.2 Å². The van der Waals surface area contributed by atoms with Crippen molar-refractivity contribution >= 4 is 28.8 Å². The Labute approximate surface area is 147 Å². The molecule has 0 radical (unpaired) electrons. The first-order valence-electron chi connectivity index (χ1n) is 8.82. The Morgan fingerprint density at radius 3 is 3.12 bits per heavy atom. The van der Waals surface area contributed by atoms with Gasteiger partial charge >= 0.3 is 0 Å². The third-order valence-corrected chi connectivity index (χ3v) is 5.51. The fourth-order valence-corrected chi connectivity index (χ4v) is 3.93. The monoisotopic (exact) mass is 348 g/mol. The summed E-state index contributed by atoms with van der Waals surface area (Å²) in [4.78, 5) is 18.0. The molecule has 1 fully saturated rings. The first-order chi connectivity index (χ1) is 11.7. The lowest BCUT2D eigenvalue weighted by atomic mass is 10.0. The zero-order chi connectivity index (χ0) is 16.8. The van der Waals surface area contributed by atoms with E-state index in [1.807, 2.05) is 24.3 Å². The number of carbonyl (C=O) groups is 1. The topological polar surface area (TPSA) is 59.6 Å². The van der Waals surface area contributed by atoms with Crippen LogP contribution < -0.4 is 10.2 Å². The lowest BCUT2D eigenvalue weighted by molar-refractivity contribution is -0.928. The van der Waals surface area contributed by atoms with Crippen LogP contribution in [0.1, 0.15) is 32.6 Å². The van der Waals surface area contributed by atoms with E-state index in [-0.39, 0.29) is 5.91 Å². The first kappa shape index (κ1) is 17.3. The first-order valence-corrected chi connectivity index (χ1v) is 9.80. The molecule has 1 aromatic heterocycles. The van der Waals surface area contributed by atoms with Crippen LogP contribution in [-0.4, -0.2) is 42.3 Å².